The van der Waals surface area contributed by atoms with Crippen molar-refractivity contribution in [2.24, 2.45) is 5.41 Å². The zero-order valence-corrected chi connectivity index (χ0v) is 22.5. The van der Waals surface area contributed by atoms with Crippen LogP contribution in [-0.4, -0.2) is 78.9 Å². The number of carbonyl (C=O) groups is 4. The van der Waals surface area contributed by atoms with Gasteiger partial charge in [0.15, 0.2) is 0 Å². The molecule has 1 N–H and O–H groups in total. The maximum atomic E-state index is 13.7. The number of ether oxygens (including phenoxy) is 4. The van der Waals surface area contributed by atoms with Crippen LogP contribution in [0.2, 0.25) is 0 Å². The van der Waals surface area contributed by atoms with Crippen LogP contribution < -0.4 is 10.1 Å². The molecule has 3 aliphatic heterocycles. The minimum atomic E-state index is -0.970. The number of hydrogen-bond donors (Lipinski definition) is 1. The van der Waals surface area contributed by atoms with Crippen molar-refractivity contribution in [2.75, 3.05) is 26.9 Å². The number of fused-ring (bicyclic) bond motifs is 3. The molecule has 3 amide bonds. The molecule has 38 heavy (non-hydrogen) atoms. The summed E-state index contributed by atoms with van der Waals surface area (Å²) in [5.41, 5.74) is 1.26. The fraction of sp³-hybridized carbons (Fsp3) is 0.630. The van der Waals surface area contributed by atoms with E-state index in [0.717, 1.165) is 29.7 Å². The Bertz CT molecular complexity index is 1070. The van der Waals surface area contributed by atoms with Crippen LogP contribution in [0.4, 0.5) is 9.59 Å². The van der Waals surface area contributed by atoms with Crippen LogP contribution in [0.25, 0.3) is 0 Å². The SMILES string of the molecule is COC(=O)C1CC2CN1C(=O)C(C(C)(C)C)NC(=O)OCCCCCOc1cccc3c1CN(C3)C(=O)O2. The van der Waals surface area contributed by atoms with Crippen LogP contribution in [0.15, 0.2) is 18.2 Å². The minimum absolute atomic E-state index is 0.00277. The molecule has 3 aliphatic rings. The van der Waals surface area contributed by atoms with Crippen molar-refractivity contribution in [1.82, 2.24) is 15.1 Å². The van der Waals surface area contributed by atoms with Gasteiger partial charge in [-0.25, -0.2) is 14.4 Å². The Balaban J connectivity index is 1.58. The van der Waals surface area contributed by atoms with E-state index >= 15 is 0 Å². The topological polar surface area (TPSA) is 124 Å². The fourth-order valence-electron chi connectivity index (χ4n) is 5.06. The van der Waals surface area contributed by atoms with E-state index in [4.69, 9.17) is 18.9 Å². The highest BCUT2D eigenvalue weighted by Gasteiger charge is 2.47. The van der Waals surface area contributed by atoms with Crippen molar-refractivity contribution in [3.05, 3.63) is 29.3 Å². The molecule has 0 radical (unpaired) electrons. The monoisotopic (exact) mass is 531 g/mol. The van der Waals surface area contributed by atoms with E-state index in [9.17, 15) is 19.2 Å². The van der Waals surface area contributed by atoms with E-state index in [2.05, 4.69) is 5.32 Å². The molecule has 11 heteroatoms. The zero-order chi connectivity index (χ0) is 27.4. The molecule has 1 fully saturated rings. The Morgan fingerprint density at radius 1 is 1.05 bits per heavy atom. The van der Waals surface area contributed by atoms with Gasteiger partial charge >= 0.3 is 18.2 Å². The highest BCUT2D eigenvalue weighted by Crippen LogP contribution is 2.33. The van der Waals surface area contributed by atoms with Gasteiger partial charge in [-0.1, -0.05) is 32.9 Å². The summed E-state index contributed by atoms with van der Waals surface area (Å²) in [6.07, 6.45) is 0.361. The molecule has 1 aromatic carbocycles. The van der Waals surface area contributed by atoms with Crippen LogP contribution in [0.5, 0.6) is 5.75 Å². The normalized spacial score (nSPS) is 25.2. The van der Waals surface area contributed by atoms with Crippen LogP contribution >= 0.6 is 0 Å². The van der Waals surface area contributed by atoms with Crippen LogP contribution in [0.1, 0.15) is 57.6 Å². The number of nitrogens with one attached hydrogen (secondary N) is 1. The van der Waals surface area contributed by atoms with Crippen molar-refractivity contribution >= 4 is 24.1 Å². The third-order valence-corrected chi connectivity index (χ3v) is 7.14. The van der Waals surface area contributed by atoms with E-state index in [-0.39, 0.29) is 19.6 Å². The number of hydrogen-bond acceptors (Lipinski definition) is 8. The lowest BCUT2D eigenvalue weighted by Gasteiger charge is -2.34. The third-order valence-electron chi connectivity index (χ3n) is 7.14. The number of nitrogens with zero attached hydrogens (tertiary/aromatic N) is 2. The van der Waals surface area contributed by atoms with Crippen molar-refractivity contribution < 1.29 is 38.1 Å². The lowest BCUT2D eigenvalue weighted by Crippen LogP contribution is -2.57. The molecule has 4 rings (SSSR count). The van der Waals surface area contributed by atoms with Crippen LogP contribution in [-0.2, 0) is 36.9 Å². The van der Waals surface area contributed by atoms with Crippen molar-refractivity contribution in [2.45, 2.75) is 77.7 Å². The number of alkyl carbamates (subject to hydrolysis) is 1. The molecule has 3 unspecified atom stereocenters. The summed E-state index contributed by atoms with van der Waals surface area (Å²) >= 11 is 0. The summed E-state index contributed by atoms with van der Waals surface area (Å²) in [6.45, 7) is 6.89. The van der Waals surface area contributed by atoms with Gasteiger partial charge in [0.2, 0.25) is 5.91 Å². The summed E-state index contributed by atoms with van der Waals surface area (Å²) in [7, 11) is 1.24. The molecule has 1 saturated heterocycles. The number of benzene rings is 1. The molecule has 4 bridgehead atoms. The maximum Gasteiger partial charge on any atom is 0.410 e. The van der Waals surface area contributed by atoms with Crippen molar-refractivity contribution in [3.63, 3.8) is 0 Å². The minimum Gasteiger partial charge on any atom is -0.493 e. The van der Waals surface area contributed by atoms with Gasteiger partial charge in [0.1, 0.15) is 23.9 Å². The van der Waals surface area contributed by atoms with Gasteiger partial charge in [-0.2, -0.15) is 0 Å². The fourth-order valence-corrected chi connectivity index (χ4v) is 5.06. The second-order valence-electron chi connectivity index (χ2n) is 11.0. The predicted octanol–water partition coefficient (Wildman–Crippen LogP) is 2.98. The average Bonchev–Trinajstić information content (AvgIpc) is 3.49. The van der Waals surface area contributed by atoms with Crippen LogP contribution in [0.3, 0.4) is 0 Å². The highest BCUT2D eigenvalue weighted by molar-refractivity contribution is 5.91. The first-order chi connectivity index (χ1) is 18.1. The Morgan fingerprint density at radius 3 is 2.50 bits per heavy atom. The molecule has 0 aliphatic carbocycles. The van der Waals surface area contributed by atoms with Gasteiger partial charge in [0.05, 0.1) is 33.4 Å². The molecule has 0 spiro atoms. The quantitative estimate of drug-likeness (QED) is 0.433. The number of cyclic esters (lactones) is 1. The van der Waals surface area contributed by atoms with E-state index in [1.807, 2.05) is 39.0 Å². The summed E-state index contributed by atoms with van der Waals surface area (Å²) in [6, 6.07) is 3.83. The maximum absolute atomic E-state index is 13.7. The number of methoxy groups -OCH3 is 1. The smallest absolute Gasteiger partial charge is 0.410 e. The number of rotatable bonds is 1. The van der Waals surface area contributed by atoms with Crippen molar-refractivity contribution in [1.29, 1.82) is 0 Å². The van der Waals surface area contributed by atoms with Crippen molar-refractivity contribution in [3.8, 4) is 5.75 Å². The summed E-state index contributed by atoms with van der Waals surface area (Å²) in [4.78, 5) is 54.9. The Hall–Kier alpha value is -3.50. The number of carbonyl (C=O) groups excluding carboxylic acids is 4. The van der Waals surface area contributed by atoms with Gasteiger partial charge in [-0.15, -0.1) is 0 Å². The largest absolute Gasteiger partial charge is 0.493 e. The van der Waals surface area contributed by atoms with E-state index < -0.39 is 47.7 Å². The first-order valence-electron chi connectivity index (χ1n) is 13.1. The Morgan fingerprint density at radius 2 is 1.79 bits per heavy atom. The lowest BCUT2D eigenvalue weighted by atomic mass is 9.85. The Labute approximate surface area is 222 Å². The first kappa shape index (κ1) is 27.5. The second-order valence-corrected chi connectivity index (χ2v) is 11.0. The van der Waals surface area contributed by atoms with E-state index in [1.54, 1.807) is 4.90 Å². The number of esters is 1. The van der Waals surface area contributed by atoms with E-state index in [0.29, 0.717) is 26.1 Å². The highest BCUT2D eigenvalue weighted by atomic mass is 16.6. The number of amides is 3. The Kier molecular flexibility index (Phi) is 8.32. The zero-order valence-electron chi connectivity index (χ0n) is 22.5. The lowest BCUT2D eigenvalue weighted by molar-refractivity contribution is -0.152. The molecular formula is C27H37N3O8. The van der Waals surface area contributed by atoms with Gasteiger partial charge in [-0.05, 0) is 36.3 Å². The second kappa shape index (κ2) is 11.5. The summed E-state index contributed by atoms with van der Waals surface area (Å²) in [5.74, 6) is -0.339. The molecular weight excluding hydrogens is 494 g/mol. The molecule has 0 saturated carbocycles. The summed E-state index contributed by atoms with van der Waals surface area (Å²) in [5, 5.41) is 2.68. The van der Waals surface area contributed by atoms with Gasteiger partial charge in [0.25, 0.3) is 0 Å². The first-order valence-corrected chi connectivity index (χ1v) is 13.1. The third kappa shape index (κ3) is 6.14. The standard InChI is InChI=1S/C27H37N3O8/c1-27(2,3)22-23(31)30-15-18(13-20(30)24(32)35-4)38-26(34)29-14-17-9-8-10-21(19(17)16-29)36-11-6-5-7-12-37-25(33)28-22/h8-10,18,20,22H,5-7,11-16H2,1-4H3,(H,28,33). The summed E-state index contributed by atoms with van der Waals surface area (Å²) < 4.78 is 22.1. The molecule has 208 valence electrons. The molecule has 3 heterocycles. The van der Waals surface area contributed by atoms with E-state index in [1.165, 1.54) is 12.0 Å². The predicted molar refractivity (Wildman–Crippen MR) is 135 cm³/mol. The molecule has 0 aromatic heterocycles. The van der Waals surface area contributed by atoms with Crippen LogP contribution in [0, 0.1) is 5.41 Å². The van der Waals surface area contributed by atoms with Gasteiger partial charge < -0.3 is 29.2 Å². The van der Waals surface area contributed by atoms with Gasteiger partial charge in [0, 0.05) is 18.5 Å². The average molecular weight is 532 g/mol. The molecule has 3 atom stereocenters. The molecule has 1 aromatic rings. The van der Waals surface area contributed by atoms with Gasteiger partial charge in [-0.3, -0.25) is 9.69 Å². The molecule has 11 nitrogen and oxygen atoms in total.